The van der Waals surface area contributed by atoms with Crippen molar-refractivity contribution < 1.29 is 24.5 Å². The number of ether oxygens (including phenoxy) is 1. The first kappa shape index (κ1) is 42.6. The molecule has 0 saturated heterocycles. The Balaban J connectivity index is 1.11. The number of esters is 1. The van der Waals surface area contributed by atoms with Crippen molar-refractivity contribution in [3.05, 3.63) is 0 Å². The Bertz CT molecular complexity index is 1030. The number of nitrogens with one attached hydrogen (secondary N) is 1. The average molecular weight is 716 g/mol. The van der Waals surface area contributed by atoms with Crippen molar-refractivity contribution in [1.29, 1.82) is 0 Å². The summed E-state index contributed by atoms with van der Waals surface area (Å²) in [5.41, 5.74) is -0.131. The number of methoxy groups -OCH3 is 1. The lowest BCUT2D eigenvalue weighted by atomic mass is 9.43. The van der Waals surface area contributed by atoms with Crippen LogP contribution in [0.4, 0.5) is 0 Å². The van der Waals surface area contributed by atoms with Crippen molar-refractivity contribution >= 4 is 11.9 Å². The fraction of sp³-hybridized carbons (Fsp3) is 0.956. The lowest BCUT2D eigenvalue weighted by Crippen LogP contribution is -2.63. The van der Waals surface area contributed by atoms with Gasteiger partial charge in [-0.05, 0) is 104 Å². The zero-order chi connectivity index (χ0) is 36.9. The zero-order valence-corrected chi connectivity index (χ0v) is 33.9. The van der Waals surface area contributed by atoms with E-state index in [1.807, 2.05) is 0 Å². The Morgan fingerprint density at radius 2 is 1.31 bits per heavy atom. The van der Waals surface area contributed by atoms with Crippen LogP contribution in [0.3, 0.4) is 0 Å². The number of carbonyl (C=O) groups excluding carboxylic acids is 2. The molecule has 11 atom stereocenters. The third kappa shape index (κ3) is 11.2. The van der Waals surface area contributed by atoms with Gasteiger partial charge in [-0.15, -0.1) is 0 Å². The van der Waals surface area contributed by atoms with Crippen LogP contribution < -0.4 is 5.32 Å². The first-order valence-corrected chi connectivity index (χ1v) is 22.3. The van der Waals surface area contributed by atoms with Gasteiger partial charge < -0.3 is 20.3 Å². The summed E-state index contributed by atoms with van der Waals surface area (Å²) in [7, 11) is 1.45. The Kier molecular flexibility index (Phi) is 17.6. The van der Waals surface area contributed by atoms with E-state index in [4.69, 9.17) is 4.74 Å². The van der Waals surface area contributed by atoms with Gasteiger partial charge in [0.2, 0.25) is 5.91 Å². The summed E-state index contributed by atoms with van der Waals surface area (Å²) in [5.74, 6) is 1.96. The van der Waals surface area contributed by atoms with E-state index in [2.05, 4.69) is 33.0 Å². The molecule has 0 radical (unpaired) electrons. The molecule has 4 saturated carbocycles. The van der Waals surface area contributed by atoms with Gasteiger partial charge >= 0.3 is 5.97 Å². The molecule has 51 heavy (non-hydrogen) atoms. The van der Waals surface area contributed by atoms with Crippen molar-refractivity contribution in [2.75, 3.05) is 7.11 Å². The fourth-order valence-corrected chi connectivity index (χ4v) is 12.2. The van der Waals surface area contributed by atoms with Gasteiger partial charge in [0.15, 0.2) is 0 Å². The molecule has 4 aliphatic rings. The number of aliphatic hydroxyl groups excluding tert-OH is 2. The molecule has 4 aliphatic carbocycles. The highest BCUT2D eigenvalue weighted by atomic mass is 16.5. The average Bonchev–Trinajstić information content (AvgIpc) is 3.47. The van der Waals surface area contributed by atoms with Gasteiger partial charge in [-0.1, -0.05) is 130 Å². The molecule has 0 bridgehead atoms. The van der Waals surface area contributed by atoms with E-state index in [-0.39, 0.29) is 46.9 Å². The quantitative estimate of drug-likeness (QED) is 0.0723. The molecule has 0 heterocycles. The summed E-state index contributed by atoms with van der Waals surface area (Å²) in [4.78, 5) is 24.8. The van der Waals surface area contributed by atoms with Crippen LogP contribution in [0.25, 0.3) is 0 Å². The van der Waals surface area contributed by atoms with E-state index in [0.29, 0.717) is 42.4 Å². The topological polar surface area (TPSA) is 95.9 Å². The highest BCUT2D eigenvalue weighted by Crippen LogP contribution is 2.68. The van der Waals surface area contributed by atoms with E-state index >= 15 is 0 Å². The number of rotatable bonds is 23. The number of amides is 1. The third-order valence-electron chi connectivity index (χ3n) is 15.5. The maximum Gasteiger partial charge on any atom is 0.305 e. The van der Waals surface area contributed by atoms with Crippen molar-refractivity contribution in [3.63, 3.8) is 0 Å². The van der Waals surface area contributed by atoms with Gasteiger partial charge in [0.05, 0.1) is 19.3 Å². The van der Waals surface area contributed by atoms with Crippen molar-refractivity contribution in [3.8, 4) is 0 Å². The maximum absolute atomic E-state index is 13.0. The summed E-state index contributed by atoms with van der Waals surface area (Å²) >= 11 is 0. The Morgan fingerprint density at radius 3 is 1.88 bits per heavy atom. The Morgan fingerprint density at radius 1 is 0.745 bits per heavy atom. The normalized spacial score (nSPS) is 35.0. The summed E-state index contributed by atoms with van der Waals surface area (Å²) in [5, 5.41) is 27.1. The van der Waals surface area contributed by atoms with Crippen LogP contribution in [-0.4, -0.2) is 47.4 Å². The smallest absolute Gasteiger partial charge is 0.305 e. The van der Waals surface area contributed by atoms with Crippen LogP contribution in [0.2, 0.25) is 0 Å². The molecule has 6 nitrogen and oxygen atoms in total. The van der Waals surface area contributed by atoms with E-state index in [0.717, 1.165) is 64.2 Å². The number of aliphatic hydroxyl groups is 2. The second-order valence-corrected chi connectivity index (χ2v) is 18.6. The van der Waals surface area contributed by atoms with Gasteiger partial charge in [0.1, 0.15) is 0 Å². The maximum atomic E-state index is 13.0. The van der Waals surface area contributed by atoms with Crippen LogP contribution in [0.15, 0.2) is 0 Å². The van der Waals surface area contributed by atoms with Crippen LogP contribution in [0.5, 0.6) is 0 Å². The minimum absolute atomic E-state index is 0.0928. The number of hydrogen-bond donors (Lipinski definition) is 3. The van der Waals surface area contributed by atoms with Crippen molar-refractivity contribution in [2.45, 2.75) is 219 Å². The summed E-state index contributed by atoms with van der Waals surface area (Å²) in [6.07, 6.45) is 30.7. The van der Waals surface area contributed by atoms with E-state index in [9.17, 15) is 19.8 Å². The molecule has 4 rings (SSSR count). The molecule has 1 amide bonds. The predicted molar refractivity (Wildman–Crippen MR) is 209 cm³/mol. The van der Waals surface area contributed by atoms with Gasteiger partial charge in [-0.2, -0.15) is 0 Å². The molecule has 1 unspecified atom stereocenters. The molecule has 0 aromatic carbocycles. The van der Waals surface area contributed by atoms with Crippen LogP contribution >= 0.6 is 0 Å². The van der Waals surface area contributed by atoms with E-state index < -0.39 is 0 Å². The van der Waals surface area contributed by atoms with E-state index in [1.165, 1.54) is 103 Å². The Labute approximate surface area is 313 Å². The molecule has 0 aliphatic heterocycles. The highest BCUT2D eigenvalue weighted by molar-refractivity contribution is 5.76. The molecule has 3 N–H and O–H groups in total. The van der Waals surface area contributed by atoms with Gasteiger partial charge in [0.25, 0.3) is 0 Å². The van der Waals surface area contributed by atoms with Crippen LogP contribution in [0.1, 0.15) is 201 Å². The predicted octanol–water partition coefficient (Wildman–Crippen LogP) is 10.7. The first-order chi connectivity index (χ1) is 24.6. The third-order valence-corrected chi connectivity index (χ3v) is 15.5. The molecule has 0 aromatic rings. The molecule has 296 valence electrons. The van der Waals surface area contributed by atoms with Crippen molar-refractivity contribution in [1.82, 2.24) is 5.32 Å². The summed E-state index contributed by atoms with van der Waals surface area (Å²) < 4.78 is 4.91. The monoisotopic (exact) mass is 716 g/mol. The standard InChI is InChI=1S/C45H81NO5/c1-6-7-8-9-10-11-12-13-14-15-16-17-18-19-20-21-22-23-41(49)46-35-28-29-44(3)34(30-35)31-39(47)43-37-26-25-36(33(2)24-27-42(50)51-5)45(37,4)40(48)32-38(43)44/h33-40,43,47-48H,6-32H2,1-5H3,(H,46,49)/t33-,34?,35+,36-,37+,38+,39-,40+,43+,44+,45-/m1/s1. The van der Waals surface area contributed by atoms with Gasteiger partial charge in [0, 0.05) is 18.9 Å². The number of unbranched alkanes of at least 4 members (excludes halogenated alkanes) is 16. The second-order valence-electron chi connectivity index (χ2n) is 18.6. The highest BCUT2D eigenvalue weighted by Gasteiger charge is 2.65. The number of hydrogen-bond acceptors (Lipinski definition) is 5. The number of carbonyl (C=O) groups is 2. The van der Waals surface area contributed by atoms with Crippen molar-refractivity contribution in [2.24, 2.45) is 46.3 Å². The lowest BCUT2D eigenvalue weighted by Gasteiger charge is -2.63. The Hall–Kier alpha value is -1.14. The molecular formula is C45H81NO5. The molecule has 0 aromatic heterocycles. The fourth-order valence-electron chi connectivity index (χ4n) is 12.2. The minimum Gasteiger partial charge on any atom is -0.469 e. The molecule has 0 spiro atoms. The zero-order valence-electron chi connectivity index (χ0n) is 33.9. The van der Waals surface area contributed by atoms with Crippen LogP contribution in [-0.2, 0) is 14.3 Å². The molecule has 4 fully saturated rings. The largest absolute Gasteiger partial charge is 0.469 e. The van der Waals surface area contributed by atoms with E-state index in [1.54, 1.807) is 0 Å². The second kappa shape index (κ2) is 21.1. The number of fused-ring (bicyclic) bond motifs is 5. The molecule has 6 heteroatoms. The van der Waals surface area contributed by atoms with Gasteiger partial charge in [-0.3, -0.25) is 9.59 Å². The summed E-state index contributed by atoms with van der Waals surface area (Å²) in [6.45, 7) is 9.26. The minimum atomic E-state index is -0.387. The van der Waals surface area contributed by atoms with Crippen LogP contribution in [0, 0.1) is 46.3 Å². The SMILES string of the molecule is CCCCCCCCCCCCCCCCCCCC(=O)N[C@H]1CC[C@@]2(C)C(C1)C[C@@H](O)[C@H]1[C@@H]3CC[C@H]([C@H](C)CCC(=O)OC)[C@@]3(C)[C@@H](O)C[C@@H]12. The lowest BCUT2D eigenvalue weighted by molar-refractivity contribution is -0.202. The van der Waals surface area contributed by atoms with Gasteiger partial charge in [-0.25, -0.2) is 0 Å². The molecular weight excluding hydrogens is 634 g/mol. The summed E-state index contributed by atoms with van der Waals surface area (Å²) in [6, 6.07) is 0.204. The first-order valence-electron chi connectivity index (χ1n) is 22.3.